The topological polar surface area (TPSA) is 46.2 Å². The van der Waals surface area contributed by atoms with Crippen LogP contribution in [-0.2, 0) is 6.54 Å². The van der Waals surface area contributed by atoms with Crippen LogP contribution in [0, 0.1) is 0 Å². The molecule has 0 bridgehead atoms. The van der Waals surface area contributed by atoms with E-state index in [1.165, 1.54) is 16.0 Å². The number of aromatic nitrogens is 1. The molecule has 0 radical (unpaired) electrons. The standard InChI is InChI=1S/C24H24N3OPS/c1-3-25-16-17-7-5-8-18(13-17)23-15-22-24(30-23)21(11-12-26-22)27-19-9-6-10-20(14-19)28-29-4-2/h4-15,25,29H,2-3,16H2,1H3,(H,26,27). The highest BCUT2D eigenvalue weighted by molar-refractivity contribution is 7.36. The lowest BCUT2D eigenvalue weighted by Crippen LogP contribution is -2.11. The fraction of sp³-hybridized carbons (Fsp3) is 0.125. The molecule has 0 aliphatic carbocycles. The third-order valence-corrected chi connectivity index (χ3v) is 6.30. The van der Waals surface area contributed by atoms with Crippen LogP contribution in [-0.4, -0.2) is 11.5 Å². The molecule has 152 valence electrons. The van der Waals surface area contributed by atoms with Crippen molar-refractivity contribution in [3.05, 3.63) is 84.8 Å². The van der Waals surface area contributed by atoms with Crippen LogP contribution >= 0.6 is 20.1 Å². The van der Waals surface area contributed by atoms with Gasteiger partial charge in [-0.3, -0.25) is 4.98 Å². The van der Waals surface area contributed by atoms with Crippen molar-refractivity contribution in [1.29, 1.82) is 0 Å². The zero-order valence-corrected chi connectivity index (χ0v) is 18.6. The van der Waals surface area contributed by atoms with Crippen LogP contribution in [0.15, 0.2) is 79.3 Å². The Morgan fingerprint density at radius 3 is 2.90 bits per heavy atom. The molecule has 0 saturated heterocycles. The summed E-state index contributed by atoms with van der Waals surface area (Å²) in [6, 6.07) is 20.9. The Bertz CT molecular complexity index is 1160. The normalized spacial score (nSPS) is 11.2. The highest BCUT2D eigenvalue weighted by Crippen LogP contribution is 2.38. The van der Waals surface area contributed by atoms with E-state index in [1.807, 2.05) is 36.5 Å². The maximum Gasteiger partial charge on any atom is 0.125 e. The molecule has 2 heterocycles. The van der Waals surface area contributed by atoms with Crippen molar-refractivity contribution in [3.63, 3.8) is 0 Å². The molecule has 0 spiro atoms. The number of benzene rings is 2. The zero-order chi connectivity index (χ0) is 20.8. The fourth-order valence-electron chi connectivity index (χ4n) is 3.19. The average Bonchev–Trinajstić information content (AvgIpc) is 3.22. The molecule has 0 saturated carbocycles. The van der Waals surface area contributed by atoms with Gasteiger partial charge in [-0.2, -0.15) is 0 Å². The number of rotatable bonds is 9. The Kier molecular flexibility index (Phi) is 6.75. The van der Waals surface area contributed by atoms with Crippen molar-refractivity contribution < 1.29 is 4.52 Å². The van der Waals surface area contributed by atoms with Crippen LogP contribution in [0.25, 0.3) is 20.7 Å². The summed E-state index contributed by atoms with van der Waals surface area (Å²) < 4.78 is 6.82. The van der Waals surface area contributed by atoms with Gasteiger partial charge in [-0.05, 0) is 53.8 Å². The Morgan fingerprint density at radius 2 is 2.03 bits per heavy atom. The van der Waals surface area contributed by atoms with E-state index in [4.69, 9.17) is 4.52 Å². The van der Waals surface area contributed by atoms with Crippen molar-refractivity contribution >= 4 is 41.7 Å². The molecule has 2 aromatic carbocycles. The molecule has 0 aliphatic rings. The van der Waals surface area contributed by atoms with E-state index in [9.17, 15) is 0 Å². The van der Waals surface area contributed by atoms with Gasteiger partial charge in [-0.15, -0.1) is 11.3 Å². The average molecular weight is 434 g/mol. The molecule has 2 N–H and O–H groups in total. The second-order valence-corrected chi connectivity index (χ2v) is 8.64. The van der Waals surface area contributed by atoms with Crippen LogP contribution in [0.2, 0.25) is 0 Å². The summed E-state index contributed by atoms with van der Waals surface area (Å²) in [4.78, 5) is 5.80. The minimum atomic E-state index is 0.250. The van der Waals surface area contributed by atoms with Crippen molar-refractivity contribution in [2.45, 2.75) is 13.5 Å². The van der Waals surface area contributed by atoms with E-state index >= 15 is 0 Å². The van der Waals surface area contributed by atoms with E-state index in [0.29, 0.717) is 0 Å². The van der Waals surface area contributed by atoms with Crippen LogP contribution in [0.5, 0.6) is 5.75 Å². The Hall–Kier alpha value is -2.72. The first kappa shape index (κ1) is 20.5. The van der Waals surface area contributed by atoms with Crippen LogP contribution in [0.3, 0.4) is 0 Å². The van der Waals surface area contributed by atoms with Gasteiger partial charge in [-0.1, -0.05) is 37.8 Å². The van der Waals surface area contributed by atoms with Crippen LogP contribution < -0.4 is 15.2 Å². The fourth-order valence-corrected chi connectivity index (χ4v) is 4.61. The molecule has 0 amide bonds. The predicted molar refractivity (Wildman–Crippen MR) is 131 cm³/mol. The second kappa shape index (κ2) is 9.86. The molecule has 6 heteroatoms. The predicted octanol–water partition coefficient (Wildman–Crippen LogP) is 6.93. The number of nitrogens with one attached hydrogen (secondary N) is 2. The molecular formula is C24H24N3OPS. The number of fused-ring (bicyclic) bond motifs is 1. The van der Waals surface area contributed by atoms with Crippen LogP contribution in [0.1, 0.15) is 12.5 Å². The van der Waals surface area contributed by atoms with E-state index in [0.717, 1.165) is 40.4 Å². The van der Waals surface area contributed by atoms with Gasteiger partial charge in [0.2, 0.25) is 0 Å². The number of pyridine rings is 1. The Balaban J connectivity index is 1.62. The summed E-state index contributed by atoms with van der Waals surface area (Å²) in [6.45, 7) is 7.68. The molecule has 2 aromatic heterocycles. The zero-order valence-electron chi connectivity index (χ0n) is 16.8. The monoisotopic (exact) mass is 433 g/mol. The number of hydrogen-bond acceptors (Lipinski definition) is 5. The summed E-state index contributed by atoms with van der Waals surface area (Å²) in [5.74, 6) is 2.60. The molecule has 4 aromatic rings. The van der Waals surface area contributed by atoms with E-state index in [1.54, 1.807) is 17.2 Å². The highest BCUT2D eigenvalue weighted by atomic mass is 32.1. The molecule has 1 unspecified atom stereocenters. The van der Waals surface area contributed by atoms with Crippen LogP contribution in [0.4, 0.5) is 11.4 Å². The van der Waals surface area contributed by atoms with Crippen molar-refractivity contribution in [2.75, 3.05) is 11.9 Å². The second-order valence-electron chi connectivity index (χ2n) is 6.74. The lowest BCUT2D eigenvalue weighted by Gasteiger charge is -2.09. The van der Waals surface area contributed by atoms with Gasteiger partial charge in [0.15, 0.2) is 0 Å². The van der Waals surface area contributed by atoms with Gasteiger partial charge in [-0.25, -0.2) is 0 Å². The summed E-state index contributed by atoms with van der Waals surface area (Å²) in [7, 11) is 0.250. The Morgan fingerprint density at radius 1 is 1.13 bits per heavy atom. The van der Waals surface area contributed by atoms with E-state index < -0.39 is 0 Å². The summed E-state index contributed by atoms with van der Waals surface area (Å²) in [5.41, 5.74) is 5.53. The minimum Gasteiger partial charge on any atom is -0.473 e. The molecule has 1 atom stereocenters. The van der Waals surface area contributed by atoms with E-state index in [-0.39, 0.29) is 8.81 Å². The number of thiophene rings is 1. The summed E-state index contributed by atoms with van der Waals surface area (Å²) >= 11 is 1.76. The summed E-state index contributed by atoms with van der Waals surface area (Å²) in [5, 5.41) is 6.91. The third-order valence-electron chi connectivity index (χ3n) is 4.58. The van der Waals surface area contributed by atoms with Gasteiger partial charge in [0.05, 0.1) is 24.7 Å². The lowest BCUT2D eigenvalue weighted by molar-refractivity contribution is 0.638. The third kappa shape index (κ3) is 4.88. The smallest absolute Gasteiger partial charge is 0.125 e. The van der Waals surface area contributed by atoms with Gasteiger partial charge in [0.25, 0.3) is 0 Å². The summed E-state index contributed by atoms with van der Waals surface area (Å²) in [6.07, 6.45) is 1.85. The first-order valence-electron chi connectivity index (χ1n) is 9.86. The van der Waals surface area contributed by atoms with Crippen molar-refractivity contribution in [3.8, 4) is 16.2 Å². The molecule has 4 rings (SSSR count). The Labute approximate surface area is 182 Å². The van der Waals surface area contributed by atoms with Gasteiger partial charge in [0, 0.05) is 29.4 Å². The first-order chi connectivity index (χ1) is 14.8. The van der Waals surface area contributed by atoms with Gasteiger partial charge < -0.3 is 15.2 Å². The number of anilines is 2. The van der Waals surface area contributed by atoms with Crippen molar-refractivity contribution in [1.82, 2.24) is 10.3 Å². The highest BCUT2D eigenvalue weighted by Gasteiger charge is 2.10. The largest absolute Gasteiger partial charge is 0.473 e. The van der Waals surface area contributed by atoms with Gasteiger partial charge >= 0.3 is 0 Å². The number of hydrogen-bond donors (Lipinski definition) is 2. The first-order valence-corrected chi connectivity index (χ1v) is 11.7. The molecule has 0 aliphatic heterocycles. The maximum absolute atomic E-state index is 5.68. The SMILES string of the molecule is C=CPOc1cccc(Nc2ccnc3cc(-c4cccc(CNCC)c4)sc23)c1. The van der Waals surface area contributed by atoms with E-state index in [2.05, 4.69) is 59.5 Å². The van der Waals surface area contributed by atoms with Gasteiger partial charge in [0.1, 0.15) is 5.75 Å². The maximum atomic E-state index is 5.68. The molecule has 4 nitrogen and oxygen atoms in total. The lowest BCUT2D eigenvalue weighted by atomic mass is 10.1. The quantitative estimate of drug-likeness (QED) is 0.281. The van der Waals surface area contributed by atoms with Crippen molar-refractivity contribution in [2.24, 2.45) is 0 Å². The molecular weight excluding hydrogens is 409 g/mol. The number of nitrogens with zero attached hydrogens (tertiary/aromatic N) is 1. The minimum absolute atomic E-state index is 0.250. The molecule has 30 heavy (non-hydrogen) atoms. The molecule has 0 fully saturated rings.